The number of benzene rings is 1. The van der Waals surface area contributed by atoms with Gasteiger partial charge >= 0.3 is 0 Å². The van der Waals surface area contributed by atoms with E-state index in [2.05, 4.69) is 0 Å². The van der Waals surface area contributed by atoms with Gasteiger partial charge in [0, 0.05) is 13.6 Å². The van der Waals surface area contributed by atoms with Crippen LogP contribution in [0.1, 0.15) is 17.3 Å². The van der Waals surface area contributed by atoms with Crippen LogP contribution in [0.15, 0.2) is 18.2 Å². The summed E-state index contributed by atoms with van der Waals surface area (Å²) in [4.78, 5) is 12.8. The molecular weight excluding hydrogens is 216 g/mol. The SMILES string of the molecule is CC(O)CN(C)C(=O)c1cc(F)ccc1F. The normalized spacial score (nSPS) is 12.3. The summed E-state index contributed by atoms with van der Waals surface area (Å²) in [6, 6.07) is 2.69. The molecule has 1 amide bonds. The van der Waals surface area contributed by atoms with E-state index in [9.17, 15) is 13.6 Å². The standard InChI is InChI=1S/C11H13F2NO2/c1-7(15)6-14(2)11(16)9-5-8(12)3-4-10(9)13/h3-5,7,15H,6H2,1-2H3. The Bertz CT molecular complexity index is 394. The first-order valence-electron chi connectivity index (χ1n) is 4.80. The van der Waals surface area contributed by atoms with Crippen LogP contribution in [0, 0.1) is 11.6 Å². The number of hydrogen-bond donors (Lipinski definition) is 1. The fourth-order valence-electron chi connectivity index (χ4n) is 1.35. The number of hydrogen-bond acceptors (Lipinski definition) is 2. The Morgan fingerprint density at radius 2 is 2.12 bits per heavy atom. The molecule has 3 nitrogen and oxygen atoms in total. The zero-order chi connectivity index (χ0) is 12.3. The molecule has 0 aromatic heterocycles. The van der Waals surface area contributed by atoms with E-state index in [1.165, 1.54) is 14.0 Å². The summed E-state index contributed by atoms with van der Waals surface area (Å²) in [5.41, 5.74) is -0.330. The highest BCUT2D eigenvalue weighted by Crippen LogP contribution is 2.12. The van der Waals surface area contributed by atoms with Crippen molar-refractivity contribution in [2.24, 2.45) is 0 Å². The maximum atomic E-state index is 13.2. The molecule has 0 bridgehead atoms. The summed E-state index contributed by atoms with van der Waals surface area (Å²) in [5, 5.41) is 9.08. The van der Waals surface area contributed by atoms with Gasteiger partial charge in [-0.2, -0.15) is 0 Å². The number of nitrogens with zero attached hydrogens (tertiary/aromatic N) is 1. The van der Waals surface area contributed by atoms with E-state index in [0.29, 0.717) is 0 Å². The van der Waals surface area contributed by atoms with Crippen LogP contribution in [0.5, 0.6) is 0 Å². The Morgan fingerprint density at radius 3 is 2.69 bits per heavy atom. The molecule has 0 heterocycles. The maximum absolute atomic E-state index is 13.2. The number of rotatable bonds is 3. The van der Waals surface area contributed by atoms with Crippen LogP contribution < -0.4 is 0 Å². The van der Waals surface area contributed by atoms with E-state index < -0.39 is 23.6 Å². The minimum atomic E-state index is -0.774. The van der Waals surface area contributed by atoms with Crippen LogP contribution >= 0.6 is 0 Å². The Balaban J connectivity index is 2.91. The predicted molar refractivity (Wildman–Crippen MR) is 55.0 cm³/mol. The average molecular weight is 229 g/mol. The monoisotopic (exact) mass is 229 g/mol. The molecule has 1 N–H and O–H groups in total. The number of aliphatic hydroxyl groups is 1. The number of amides is 1. The molecule has 88 valence electrons. The van der Waals surface area contributed by atoms with E-state index in [-0.39, 0.29) is 12.1 Å². The van der Waals surface area contributed by atoms with Gasteiger partial charge in [0.1, 0.15) is 11.6 Å². The van der Waals surface area contributed by atoms with Gasteiger partial charge in [0.2, 0.25) is 0 Å². The lowest BCUT2D eigenvalue weighted by Crippen LogP contribution is -2.33. The lowest BCUT2D eigenvalue weighted by molar-refractivity contribution is 0.0698. The predicted octanol–water partition coefficient (Wildman–Crippen LogP) is 1.42. The van der Waals surface area contributed by atoms with Crippen molar-refractivity contribution >= 4 is 5.91 Å². The fraction of sp³-hybridized carbons (Fsp3) is 0.364. The summed E-state index contributed by atoms with van der Waals surface area (Å²) in [5.74, 6) is -2.10. The molecule has 1 aromatic carbocycles. The van der Waals surface area contributed by atoms with Gasteiger partial charge in [-0.3, -0.25) is 4.79 Å². The summed E-state index contributed by atoms with van der Waals surface area (Å²) in [6.45, 7) is 1.57. The third-order valence-electron chi connectivity index (χ3n) is 2.04. The van der Waals surface area contributed by atoms with Crippen molar-refractivity contribution < 1.29 is 18.7 Å². The molecule has 0 spiro atoms. The van der Waals surface area contributed by atoms with Gasteiger partial charge in [0.05, 0.1) is 11.7 Å². The quantitative estimate of drug-likeness (QED) is 0.851. The van der Waals surface area contributed by atoms with Crippen molar-refractivity contribution in [2.75, 3.05) is 13.6 Å². The number of halogens is 2. The van der Waals surface area contributed by atoms with Crippen LogP contribution in [-0.2, 0) is 0 Å². The van der Waals surface area contributed by atoms with Gasteiger partial charge in [0.15, 0.2) is 0 Å². The highest BCUT2D eigenvalue weighted by Gasteiger charge is 2.17. The first kappa shape index (κ1) is 12.6. The van der Waals surface area contributed by atoms with Gasteiger partial charge in [-0.1, -0.05) is 0 Å². The van der Waals surface area contributed by atoms with Gasteiger partial charge in [-0.25, -0.2) is 8.78 Å². The van der Waals surface area contributed by atoms with Gasteiger partial charge in [0.25, 0.3) is 5.91 Å². The second-order valence-electron chi connectivity index (χ2n) is 3.66. The molecule has 0 fully saturated rings. The molecule has 1 aromatic rings. The van der Waals surface area contributed by atoms with E-state index in [0.717, 1.165) is 23.1 Å². The minimum absolute atomic E-state index is 0.0643. The zero-order valence-electron chi connectivity index (χ0n) is 9.08. The largest absolute Gasteiger partial charge is 0.392 e. The van der Waals surface area contributed by atoms with E-state index in [1.54, 1.807) is 0 Å². The van der Waals surface area contributed by atoms with Crippen molar-refractivity contribution in [1.82, 2.24) is 4.90 Å². The third kappa shape index (κ3) is 3.00. The zero-order valence-corrected chi connectivity index (χ0v) is 9.08. The summed E-state index contributed by atoms with van der Waals surface area (Å²) >= 11 is 0. The van der Waals surface area contributed by atoms with Crippen molar-refractivity contribution in [3.8, 4) is 0 Å². The minimum Gasteiger partial charge on any atom is -0.392 e. The Kier molecular flexibility index (Phi) is 3.95. The topological polar surface area (TPSA) is 40.5 Å². The average Bonchev–Trinajstić information content (AvgIpc) is 2.19. The molecule has 5 heteroatoms. The highest BCUT2D eigenvalue weighted by molar-refractivity contribution is 5.94. The number of aliphatic hydroxyl groups excluding tert-OH is 1. The lowest BCUT2D eigenvalue weighted by atomic mass is 10.2. The molecule has 1 unspecified atom stereocenters. The van der Waals surface area contributed by atoms with Gasteiger partial charge in [-0.15, -0.1) is 0 Å². The molecule has 0 aliphatic carbocycles. The molecular formula is C11H13F2NO2. The van der Waals surface area contributed by atoms with Crippen LogP contribution in [0.3, 0.4) is 0 Å². The van der Waals surface area contributed by atoms with Crippen LogP contribution in [0.2, 0.25) is 0 Å². The lowest BCUT2D eigenvalue weighted by Gasteiger charge is -2.19. The smallest absolute Gasteiger partial charge is 0.256 e. The summed E-state index contributed by atoms with van der Waals surface area (Å²) in [6.07, 6.45) is -0.717. The molecule has 0 radical (unpaired) electrons. The summed E-state index contributed by atoms with van der Waals surface area (Å²) < 4.78 is 26.1. The third-order valence-corrected chi connectivity index (χ3v) is 2.04. The molecule has 1 rings (SSSR count). The molecule has 0 aliphatic rings. The summed E-state index contributed by atoms with van der Waals surface area (Å²) in [7, 11) is 1.42. The number of carbonyl (C=O) groups excluding carboxylic acids is 1. The molecule has 0 aliphatic heterocycles. The Morgan fingerprint density at radius 1 is 1.50 bits per heavy atom. The van der Waals surface area contributed by atoms with Crippen LogP contribution in [-0.4, -0.2) is 35.6 Å². The van der Waals surface area contributed by atoms with Crippen molar-refractivity contribution in [1.29, 1.82) is 0 Å². The van der Waals surface area contributed by atoms with Crippen LogP contribution in [0.25, 0.3) is 0 Å². The molecule has 1 atom stereocenters. The highest BCUT2D eigenvalue weighted by atomic mass is 19.1. The first-order chi connectivity index (χ1) is 7.41. The Hall–Kier alpha value is -1.49. The van der Waals surface area contributed by atoms with E-state index in [1.807, 2.05) is 0 Å². The number of carbonyl (C=O) groups is 1. The molecule has 0 saturated carbocycles. The van der Waals surface area contributed by atoms with Crippen molar-refractivity contribution in [3.63, 3.8) is 0 Å². The van der Waals surface area contributed by atoms with Crippen LogP contribution in [0.4, 0.5) is 8.78 Å². The number of likely N-dealkylation sites (N-methyl/N-ethyl adjacent to an activating group) is 1. The second-order valence-corrected chi connectivity index (χ2v) is 3.66. The first-order valence-corrected chi connectivity index (χ1v) is 4.80. The van der Waals surface area contributed by atoms with E-state index >= 15 is 0 Å². The fourth-order valence-corrected chi connectivity index (χ4v) is 1.35. The van der Waals surface area contributed by atoms with E-state index in [4.69, 9.17) is 5.11 Å². The van der Waals surface area contributed by atoms with Crippen molar-refractivity contribution in [3.05, 3.63) is 35.4 Å². The van der Waals surface area contributed by atoms with Gasteiger partial charge in [-0.05, 0) is 25.1 Å². The van der Waals surface area contributed by atoms with Crippen molar-refractivity contribution in [2.45, 2.75) is 13.0 Å². The Labute approximate surface area is 92.3 Å². The molecule has 0 saturated heterocycles. The molecule has 16 heavy (non-hydrogen) atoms. The maximum Gasteiger partial charge on any atom is 0.256 e. The second kappa shape index (κ2) is 5.03. The van der Waals surface area contributed by atoms with Gasteiger partial charge < -0.3 is 10.0 Å².